The van der Waals surface area contributed by atoms with E-state index in [0.29, 0.717) is 0 Å². The molecule has 0 aliphatic heterocycles. The lowest BCUT2D eigenvalue weighted by atomic mass is 9.98. The fourth-order valence-electron chi connectivity index (χ4n) is 2.83. The molecule has 0 bridgehead atoms. The lowest BCUT2D eigenvalue weighted by Gasteiger charge is -2.19. The Morgan fingerprint density at radius 2 is 1.42 bits per heavy atom. The van der Waals surface area contributed by atoms with Gasteiger partial charge in [-0.25, -0.2) is 0 Å². The standard InChI is InChI=1S/C17H31NS/c1-2-15-19-16-14-18-17-12-10-8-6-4-3-5-7-9-11-13-17/h1,17-18H,3-16H2. The quantitative estimate of drug-likeness (QED) is 0.583. The van der Waals surface area contributed by atoms with Crippen LogP contribution >= 0.6 is 11.8 Å². The summed E-state index contributed by atoms with van der Waals surface area (Å²) in [4.78, 5) is 0. The number of terminal acetylenes is 1. The lowest BCUT2D eigenvalue weighted by Crippen LogP contribution is -2.31. The second kappa shape index (κ2) is 12.9. The average Bonchev–Trinajstić information content (AvgIpc) is 2.41. The first-order valence-electron chi connectivity index (χ1n) is 8.18. The van der Waals surface area contributed by atoms with E-state index >= 15 is 0 Å². The highest BCUT2D eigenvalue weighted by atomic mass is 32.2. The zero-order valence-corrected chi connectivity index (χ0v) is 13.3. The van der Waals surface area contributed by atoms with Crippen LogP contribution in [-0.4, -0.2) is 24.1 Å². The minimum Gasteiger partial charge on any atom is -0.313 e. The smallest absolute Gasteiger partial charge is 0.0545 e. The first kappa shape index (κ1) is 16.9. The van der Waals surface area contributed by atoms with E-state index in [0.717, 1.165) is 24.1 Å². The van der Waals surface area contributed by atoms with Gasteiger partial charge in [0.25, 0.3) is 0 Å². The van der Waals surface area contributed by atoms with Gasteiger partial charge in [-0.2, -0.15) is 0 Å². The summed E-state index contributed by atoms with van der Waals surface area (Å²) in [5.74, 6) is 4.69. The van der Waals surface area contributed by atoms with E-state index in [1.807, 2.05) is 11.8 Å². The second-order valence-electron chi connectivity index (χ2n) is 5.67. The molecule has 19 heavy (non-hydrogen) atoms. The summed E-state index contributed by atoms with van der Waals surface area (Å²) in [6.45, 7) is 1.12. The third-order valence-electron chi connectivity index (χ3n) is 3.97. The topological polar surface area (TPSA) is 12.0 Å². The van der Waals surface area contributed by atoms with Crippen molar-refractivity contribution in [1.82, 2.24) is 5.32 Å². The third-order valence-corrected chi connectivity index (χ3v) is 4.83. The Morgan fingerprint density at radius 3 is 1.95 bits per heavy atom. The van der Waals surface area contributed by atoms with Gasteiger partial charge in [0, 0.05) is 18.3 Å². The zero-order chi connectivity index (χ0) is 13.6. The van der Waals surface area contributed by atoms with Crippen molar-refractivity contribution in [2.45, 2.75) is 76.7 Å². The van der Waals surface area contributed by atoms with E-state index in [1.165, 1.54) is 70.6 Å². The Balaban J connectivity index is 2.13. The second-order valence-corrected chi connectivity index (χ2v) is 6.77. The van der Waals surface area contributed by atoms with Crippen molar-refractivity contribution in [2.75, 3.05) is 18.1 Å². The highest BCUT2D eigenvalue weighted by molar-refractivity contribution is 7.99. The van der Waals surface area contributed by atoms with Crippen LogP contribution < -0.4 is 5.32 Å². The molecule has 0 aromatic carbocycles. The number of nitrogens with one attached hydrogen (secondary N) is 1. The van der Waals surface area contributed by atoms with E-state index in [9.17, 15) is 0 Å². The number of thioether (sulfide) groups is 1. The van der Waals surface area contributed by atoms with Crippen molar-refractivity contribution in [2.24, 2.45) is 0 Å². The fourth-order valence-corrected chi connectivity index (χ4v) is 3.36. The van der Waals surface area contributed by atoms with Crippen LogP contribution in [-0.2, 0) is 0 Å². The van der Waals surface area contributed by atoms with E-state index in [4.69, 9.17) is 6.42 Å². The zero-order valence-electron chi connectivity index (χ0n) is 12.5. The highest BCUT2D eigenvalue weighted by Gasteiger charge is 2.08. The maximum Gasteiger partial charge on any atom is 0.0545 e. The SMILES string of the molecule is C#CCSCCNC1CCCCCCCCCCC1. The number of rotatable bonds is 5. The van der Waals surface area contributed by atoms with E-state index in [1.54, 1.807) is 0 Å². The molecule has 0 radical (unpaired) electrons. The Hall–Kier alpha value is -0.130. The average molecular weight is 282 g/mol. The predicted octanol–water partition coefficient (Wildman–Crippen LogP) is 4.62. The third kappa shape index (κ3) is 10.3. The molecule has 1 rings (SSSR count). The monoisotopic (exact) mass is 281 g/mol. The van der Waals surface area contributed by atoms with Gasteiger partial charge in [0.15, 0.2) is 0 Å². The van der Waals surface area contributed by atoms with E-state index in [-0.39, 0.29) is 0 Å². The molecule has 0 amide bonds. The van der Waals surface area contributed by atoms with Crippen molar-refractivity contribution in [3.63, 3.8) is 0 Å². The van der Waals surface area contributed by atoms with Gasteiger partial charge in [-0.05, 0) is 12.8 Å². The van der Waals surface area contributed by atoms with Crippen LogP contribution in [0.3, 0.4) is 0 Å². The van der Waals surface area contributed by atoms with Gasteiger partial charge in [0.2, 0.25) is 0 Å². The molecule has 1 aliphatic rings. The maximum atomic E-state index is 5.26. The summed E-state index contributed by atoms with van der Waals surface area (Å²) in [6, 6.07) is 0.755. The highest BCUT2D eigenvalue weighted by Crippen LogP contribution is 2.16. The largest absolute Gasteiger partial charge is 0.313 e. The van der Waals surface area contributed by atoms with E-state index in [2.05, 4.69) is 11.2 Å². The van der Waals surface area contributed by atoms with Crippen molar-refractivity contribution >= 4 is 11.8 Å². The van der Waals surface area contributed by atoms with Crippen molar-refractivity contribution in [1.29, 1.82) is 0 Å². The molecule has 1 saturated carbocycles. The minimum atomic E-state index is 0.755. The normalized spacial score (nSPS) is 20.2. The molecular weight excluding hydrogens is 250 g/mol. The molecule has 0 unspecified atom stereocenters. The summed E-state index contributed by atoms with van der Waals surface area (Å²) in [5, 5.41) is 3.74. The van der Waals surface area contributed by atoms with Gasteiger partial charge in [0.05, 0.1) is 5.75 Å². The van der Waals surface area contributed by atoms with E-state index < -0.39 is 0 Å². The van der Waals surface area contributed by atoms with Crippen LogP contribution in [0.25, 0.3) is 0 Å². The first-order chi connectivity index (χ1) is 9.43. The summed E-state index contributed by atoms with van der Waals surface area (Å²) < 4.78 is 0. The Kier molecular flexibility index (Phi) is 11.5. The van der Waals surface area contributed by atoms with Gasteiger partial charge in [-0.3, -0.25) is 0 Å². The summed E-state index contributed by atoms with van der Waals surface area (Å²) in [7, 11) is 0. The van der Waals surface area contributed by atoms with Crippen molar-refractivity contribution < 1.29 is 0 Å². The molecule has 1 N–H and O–H groups in total. The molecule has 0 atom stereocenters. The molecule has 110 valence electrons. The number of hydrogen-bond acceptors (Lipinski definition) is 2. The lowest BCUT2D eigenvalue weighted by molar-refractivity contribution is 0.412. The van der Waals surface area contributed by atoms with Crippen LogP contribution in [0, 0.1) is 12.3 Å². The first-order valence-corrected chi connectivity index (χ1v) is 9.33. The molecular formula is C17H31NS. The Labute approximate surface area is 124 Å². The molecule has 1 aliphatic carbocycles. The molecule has 1 nitrogen and oxygen atoms in total. The van der Waals surface area contributed by atoms with Gasteiger partial charge in [0.1, 0.15) is 0 Å². The predicted molar refractivity (Wildman–Crippen MR) is 88.7 cm³/mol. The van der Waals surface area contributed by atoms with Gasteiger partial charge in [-0.15, -0.1) is 18.2 Å². The van der Waals surface area contributed by atoms with Crippen LogP contribution in [0.2, 0.25) is 0 Å². The van der Waals surface area contributed by atoms with Crippen LogP contribution in [0.15, 0.2) is 0 Å². The molecule has 0 spiro atoms. The minimum absolute atomic E-state index is 0.755. The maximum absolute atomic E-state index is 5.26. The Morgan fingerprint density at radius 1 is 0.895 bits per heavy atom. The Bertz CT molecular complexity index is 222. The van der Waals surface area contributed by atoms with Crippen molar-refractivity contribution in [3.8, 4) is 12.3 Å². The van der Waals surface area contributed by atoms with Crippen molar-refractivity contribution in [3.05, 3.63) is 0 Å². The summed E-state index contributed by atoms with van der Waals surface area (Å²) >= 11 is 1.87. The summed E-state index contributed by atoms with van der Waals surface area (Å²) in [5.41, 5.74) is 0. The fraction of sp³-hybridized carbons (Fsp3) is 0.882. The molecule has 1 fully saturated rings. The molecule has 0 saturated heterocycles. The van der Waals surface area contributed by atoms with Crippen LogP contribution in [0.5, 0.6) is 0 Å². The summed E-state index contributed by atoms with van der Waals surface area (Å²) in [6.07, 6.45) is 21.0. The van der Waals surface area contributed by atoms with Gasteiger partial charge in [-0.1, -0.05) is 63.7 Å². The van der Waals surface area contributed by atoms with Crippen LogP contribution in [0.4, 0.5) is 0 Å². The van der Waals surface area contributed by atoms with Gasteiger partial charge >= 0.3 is 0 Å². The molecule has 0 aromatic rings. The molecule has 0 heterocycles. The molecule has 2 heteroatoms. The van der Waals surface area contributed by atoms with Crippen LogP contribution in [0.1, 0.15) is 70.6 Å². The molecule has 0 aromatic heterocycles. The van der Waals surface area contributed by atoms with Gasteiger partial charge < -0.3 is 5.32 Å². The number of hydrogen-bond donors (Lipinski definition) is 1.